The van der Waals surface area contributed by atoms with Crippen molar-refractivity contribution in [2.75, 3.05) is 21.4 Å². The van der Waals surface area contributed by atoms with Gasteiger partial charge in [-0.2, -0.15) is 0 Å². The summed E-state index contributed by atoms with van der Waals surface area (Å²) in [5, 5.41) is 0. The Morgan fingerprint density at radius 3 is 1.98 bits per heavy atom. The first-order chi connectivity index (χ1) is 28.7. The van der Waals surface area contributed by atoms with Crippen molar-refractivity contribution in [3.05, 3.63) is 188 Å². The van der Waals surface area contributed by atoms with Gasteiger partial charge in [0.25, 0.3) is 0 Å². The van der Waals surface area contributed by atoms with Gasteiger partial charge in [-0.05, 0) is 11.1 Å². The number of imidazole rings is 1. The first-order valence-corrected chi connectivity index (χ1v) is 21.0. The molecule has 2 aromatic heterocycles. The minimum atomic E-state index is 0.0764. The van der Waals surface area contributed by atoms with E-state index in [9.17, 15) is 0 Å². The molecule has 0 saturated carbocycles. The molecule has 4 heterocycles. The van der Waals surface area contributed by atoms with Crippen molar-refractivity contribution in [1.82, 2.24) is 14.5 Å². The summed E-state index contributed by atoms with van der Waals surface area (Å²) in [5.41, 5.74) is 12.3. The van der Waals surface area contributed by atoms with Gasteiger partial charge < -0.3 is 0 Å². The van der Waals surface area contributed by atoms with E-state index in [1.165, 1.54) is 36.9 Å². The van der Waals surface area contributed by atoms with E-state index >= 15 is 0 Å². The quantitative estimate of drug-likeness (QED) is 0.149. The van der Waals surface area contributed by atoms with Gasteiger partial charge in [-0.1, -0.05) is 84.9 Å². The Morgan fingerprint density at radius 1 is 0.552 bits per heavy atom. The number of rotatable bonds is 7. The number of aromatic nitrogens is 3. The van der Waals surface area contributed by atoms with Crippen molar-refractivity contribution in [3.8, 4) is 33.8 Å². The van der Waals surface area contributed by atoms with Crippen LogP contribution in [0.3, 0.4) is 0 Å². The van der Waals surface area contributed by atoms with Gasteiger partial charge >= 0.3 is 238 Å². The monoisotopic (exact) mass is 816 g/mol. The number of pyridine rings is 1. The Labute approximate surface area is 343 Å². The summed E-state index contributed by atoms with van der Waals surface area (Å²) in [6.45, 7) is 0.632. The Balaban J connectivity index is 0.960. The van der Waals surface area contributed by atoms with Crippen LogP contribution in [-0.2, 0) is 7.05 Å². The molecule has 9 aromatic rings. The summed E-state index contributed by atoms with van der Waals surface area (Å²) in [6, 6.07) is 64.0. The summed E-state index contributed by atoms with van der Waals surface area (Å²) >= 11 is 0.0764. The molecule has 2 aliphatic rings. The summed E-state index contributed by atoms with van der Waals surface area (Å²) in [6.07, 6.45) is 1.86. The number of benzene rings is 7. The van der Waals surface area contributed by atoms with Crippen LogP contribution < -0.4 is 28.4 Å². The molecule has 58 heavy (non-hydrogen) atoms. The van der Waals surface area contributed by atoms with Gasteiger partial charge in [-0.25, -0.2) is 0 Å². The standard InChI is InChI=1S/C50H36N6OSe/c1-53-42-24-9-8-23-41(42)52-50(53)56-45-32-38(28-29-46(45)58-47-27-14-30-51-49(47)56)57-37-20-12-19-36(31-37)54-33-55(44-26-11-10-25-43(44)54)48-39(34-15-4-2-5-16-34)21-13-22-40(48)35-17-6-3-7-18-35/h2-32H,33H2,1H3. The van der Waals surface area contributed by atoms with E-state index in [0.717, 1.165) is 57.0 Å². The second kappa shape index (κ2) is 14.1. The third kappa shape index (κ3) is 5.81. The molecule has 0 saturated heterocycles. The van der Waals surface area contributed by atoms with E-state index in [0.29, 0.717) is 6.67 Å². The Hall–Kier alpha value is -7.12. The van der Waals surface area contributed by atoms with Crippen LogP contribution in [0.2, 0.25) is 0 Å². The van der Waals surface area contributed by atoms with E-state index < -0.39 is 0 Å². The molecule has 11 rings (SSSR count). The van der Waals surface area contributed by atoms with Crippen molar-refractivity contribution < 1.29 is 4.74 Å². The van der Waals surface area contributed by atoms with Crippen molar-refractivity contribution in [2.24, 2.45) is 7.05 Å². The molecular weight excluding hydrogens is 780 g/mol. The van der Waals surface area contributed by atoms with Crippen LogP contribution in [-0.4, -0.2) is 36.2 Å². The van der Waals surface area contributed by atoms with Crippen molar-refractivity contribution >= 4 is 75.1 Å². The number of aryl methyl sites for hydroxylation is 1. The van der Waals surface area contributed by atoms with Crippen molar-refractivity contribution in [1.29, 1.82) is 0 Å². The van der Waals surface area contributed by atoms with E-state index in [-0.39, 0.29) is 15.0 Å². The fourth-order valence-corrected chi connectivity index (χ4v) is 10.4. The van der Waals surface area contributed by atoms with Gasteiger partial charge in [0.1, 0.15) is 0 Å². The molecule has 0 spiro atoms. The maximum atomic E-state index is 6.75. The minimum absolute atomic E-state index is 0.0764. The van der Waals surface area contributed by atoms with Gasteiger partial charge in [0.2, 0.25) is 0 Å². The maximum absolute atomic E-state index is 6.75. The van der Waals surface area contributed by atoms with E-state index in [1.54, 1.807) is 0 Å². The van der Waals surface area contributed by atoms with Crippen LogP contribution in [0.5, 0.6) is 11.5 Å². The predicted octanol–water partition coefficient (Wildman–Crippen LogP) is 10.8. The number of hydrogen-bond donors (Lipinski definition) is 0. The molecular formula is C50H36N6OSe. The Morgan fingerprint density at radius 2 is 1.22 bits per heavy atom. The van der Waals surface area contributed by atoms with E-state index in [2.05, 4.69) is 190 Å². The molecule has 0 atom stereocenters. The number of nitrogens with zero attached hydrogens (tertiary/aromatic N) is 6. The van der Waals surface area contributed by atoms with Crippen LogP contribution in [0.15, 0.2) is 188 Å². The first kappa shape index (κ1) is 34.2. The zero-order valence-corrected chi connectivity index (χ0v) is 33.3. The Kier molecular flexibility index (Phi) is 8.31. The van der Waals surface area contributed by atoms with Crippen LogP contribution in [0.4, 0.5) is 40.2 Å². The molecule has 8 heteroatoms. The molecule has 7 aromatic carbocycles. The van der Waals surface area contributed by atoms with Crippen molar-refractivity contribution in [3.63, 3.8) is 0 Å². The third-order valence-corrected chi connectivity index (χ3v) is 13.2. The van der Waals surface area contributed by atoms with E-state index in [4.69, 9.17) is 14.7 Å². The third-order valence-electron chi connectivity index (χ3n) is 10.9. The first-order valence-electron chi connectivity index (χ1n) is 19.3. The number of hydrogen-bond acceptors (Lipinski definition) is 6. The fourth-order valence-electron chi connectivity index (χ4n) is 8.23. The molecule has 7 nitrogen and oxygen atoms in total. The van der Waals surface area contributed by atoms with Crippen LogP contribution in [0.25, 0.3) is 33.3 Å². The molecule has 0 fully saturated rings. The predicted molar refractivity (Wildman–Crippen MR) is 238 cm³/mol. The Bertz CT molecular complexity index is 2930. The number of para-hydroxylation sites is 5. The average Bonchev–Trinajstić information content (AvgIpc) is 3.83. The van der Waals surface area contributed by atoms with Gasteiger partial charge in [-0.3, -0.25) is 0 Å². The zero-order chi connectivity index (χ0) is 38.6. The van der Waals surface area contributed by atoms with Gasteiger partial charge in [-0.15, -0.1) is 0 Å². The number of anilines is 7. The van der Waals surface area contributed by atoms with Gasteiger partial charge in [0.15, 0.2) is 0 Å². The summed E-state index contributed by atoms with van der Waals surface area (Å²) in [4.78, 5) is 17.0. The van der Waals surface area contributed by atoms with Crippen LogP contribution >= 0.6 is 0 Å². The molecule has 278 valence electrons. The normalized spacial score (nSPS) is 13.0. The summed E-state index contributed by atoms with van der Waals surface area (Å²) in [7, 11) is 2.07. The zero-order valence-electron chi connectivity index (χ0n) is 31.6. The number of fused-ring (bicyclic) bond motifs is 4. The second-order valence-corrected chi connectivity index (χ2v) is 16.6. The topological polar surface area (TPSA) is 49.7 Å². The molecule has 0 radical (unpaired) electrons. The van der Waals surface area contributed by atoms with Gasteiger partial charge in [0, 0.05) is 11.1 Å². The summed E-state index contributed by atoms with van der Waals surface area (Å²) in [5.74, 6) is 3.24. The molecule has 2 aliphatic heterocycles. The van der Waals surface area contributed by atoms with Crippen LogP contribution in [0, 0.1) is 0 Å². The fraction of sp³-hybridized carbons (Fsp3) is 0.0400. The molecule has 0 aliphatic carbocycles. The average molecular weight is 816 g/mol. The van der Waals surface area contributed by atoms with Gasteiger partial charge in [0.05, 0.1) is 0 Å². The van der Waals surface area contributed by atoms with Crippen molar-refractivity contribution in [2.45, 2.75) is 0 Å². The molecule has 0 amide bonds. The van der Waals surface area contributed by atoms with E-state index in [1.807, 2.05) is 24.4 Å². The summed E-state index contributed by atoms with van der Waals surface area (Å²) < 4.78 is 11.4. The second-order valence-electron chi connectivity index (χ2n) is 14.4. The number of ether oxygens (including phenoxy) is 1. The molecule has 0 bridgehead atoms. The van der Waals surface area contributed by atoms with Crippen LogP contribution in [0.1, 0.15) is 0 Å². The molecule has 0 N–H and O–H groups in total. The molecule has 0 unspecified atom stereocenters. The SMILES string of the molecule is Cn1c(N2c3cc(Oc4cccc(N5CN(c6c(-c7ccccc7)cccc6-c6ccccc6)c6ccccc65)c4)ccc3[Se]c3cccnc32)nc2ccccc21.